The summed E-state index contributed by atoms with van der Waals surface area (Å²) in [5.41, 5.74) is 0.269. The van der Waals surface area contributed by atoms with Crippen molar-refractivity contribution in [2.24, 2.45) is 7.05 Å². The summed E-state index contributed by atoms with van der Waals surface area (Å²) in [5.74, 6) is 0.0947. The van der Waals surface area contributed by atoms with Crippen molar-refractivity contribution in [1.29, 1.82) is 0 Å². The van der Waals surface area contributed by atoms with Crippen LogP contribution in [-0.2, 0) is 21.9 Å². The Bertz CT molecular complexity index is 835. The zero-order valence-electron chi connectivity index (χ0n) is 13.1. The second-order valence-electron chi connectivity index (χ2n) is 4.83. The minimum atomic E-state index is -3.93. The fraction of sp³-hybridized carbons (Fsp3) is 0.286. The van der Waals surface area contributed by atoms with Crippen molar-refractivity contribution in [2.75, 3.05) is 17.9 Å². The van der Waals surface area contributed by atoms with Gasteiger partial charge in [0.15, 0.2) is 6.61 Å². The average Bonchev–Trinajstić information content (AvgIpc) is 2.86. The first-order chi connectivity index (χ1) is 11.3. The van der Waals surface area contributed by atoms with Gasteiger partial charge in [0, 0.05) is 19.7 Å². The summed E-state index contributed by atoms with van der Waals surface area (Å²) in [4.78, 5) is 15.2. The fourth-order valence-corrected chi connectivity index (χ4v) is 3.31. The topological polar surface area (TPSA) is 102 Å². The molecule has 2 rings (SSSR count). The van der Waals surface area contributed by atoms with Gasteiger partial charge in [0.05, 0.1) is 12.0 Å². The molecule has 0 radical (unpaired) electrons. The lowest BCUT2D eigenvalue weighted by Crippen LogP contribution is -2.28. The number of imidazole rings is 1. The molecule has 0 aliphatic rings. The molecule has 2 aromatic rings. The zero-order chi connectivity index (χ0) is 17.7. The molecular weight excluding hydrogens is 356 g/mol. The predicted octanol–water partition coefficient (Wildman–Crippen LogP) is 1.39. The number of hydrogen-bond acceptors (Lipinski definition) is 5. The molecule has 1 aromatic carbocycles. The number of aromatic nitrogens is 2. The maximum absolute atomic E-state index is 12.3. The smallest absolute Gasteiger partial charge is 0.282 e. The van der Waals surface area contributed by atoms with Gasteiger partial charge in [-0.15, -0.1) is 0 Å². The number of nitrogens with one attached hydrogen (secondary N) is 2. The molecule has 24 heavy (non-hydrogen) atoms. The molecule has 0 saturated carbocycles. The normalized spacial score (nSPS) is 11.1. The van der Waals surface area contributed by atoms with Crippen molar-refractivity contribution in [3.8, 4) is 5.75 Å². The van der Waals surface area contributed by atoms with E-state index in [1.165, 1.54) is 17.0 Å². The minimum absolute atomic E-state index is 0.00569. The summed E-state index contributed by atoms with van der Waals surface area (Å²) < 4.78 is 33.7. The van der Waals surface area contributed by atoms with Crippen LogP contribution in [0.4, 0.5) is 5.69 Å². The number of rotatable bonds is 7. The van der Waals surface area contributed by atoms with Gasteiger partial charge >= 0.3 is 0 Å². The van der Waals surface area contributed by atoms with Gasteiger partial charge in [0.25, 0.3) is 15.9 Å². The quantitative estimate of drug-likeness (QED) is 0.764. The number of ether oxygens (including phenoxy) is 1. The van der Waals surface area contributed by atoms with Gasteiger partial charge < -0.3 is 14.6 Å². The van der Waals surface area contributed by atoms with Crippen LogP contribution in [-0.4, -0.2) is 37.0 Å². The van der Waals surface area contributed by atoms with Crippen LogP contribution >= 0.6 is 11.6 Å². The Balaban J connectivity index is 2.11. The van der Waals surface area contributed by atoms with Crippen molar-refractivity contribution >= 4 is 33.2 Å². The lowest BCUT2D eigenvalue weighted by Gasteiger charge is -2.10. The number of nitrogens with zero attached hydrogens (tertiary/aromatic N) is 2. The molecule has 0 bridgehead atoms. The summed E-state index contributed by atoms with van der Waals surface area (Å²) in [6, 6.07) is 6.23. The first kappa shape index (κ1) is 18.1. The third-order valence-electron chi connectivity index (χ3n) is 2.92. The van der Waals surface area contributed by atoms with Crippen LogP contribution < -0.4 is 14.8 Å². The number of carbonyl (C=O) groups is 1. The monoisotopic (exact) mass is 372 g/mol. The first-order valence-corrected chi connectivity index (χ1v) is 8.89. The van der Waals surface area contributed by atoms with Gasteiger partial charge in [-0.3, -0.25) is 9.52 Å². The Morgan fingerprint density at radius 1 is 1.42 bits per heavy atom. The van der Waals surface area contributed by atoms with Crippen molar-refractivity contribution < 1.29 is 17.9 Å². The van der Waals surface area contributed by atoms with Gasteiger partial charge in [-0.1, -0.05) is 17.7 Å². The number of amides is 1. The van der Waals surface area contributed by atoms with E-state index in [9.17, 15) is 13.2 Å². The lowest BCUT2D eigenvalue weighted by atomic mass is 10.3. The first-order valence-electron chi connectivity index (χ1n) is 7.02. The average molecular weight is 373 g/mol. The standard InChI is InChI=1S/C14H17ClN4O4S/c1-3-16-12(20)8-23-11-6-4-5-10(7-11)18-24(21,22)14-13(15)19(2)9-17-14/h4-7,9,18H,3,8H2,1-2H3,(H,16,20). The fourth-order valence-electron chi connectivity index (χ4n) is 1.82. The van der Waals surface area contributed by atoms with Crippen molar-refractivity contribution in [2.45, 2.75) is 11.9 Å². The summed E-state index contributed by atoms with van der Waals surface area (Å²) in [5, 5.41) is 2.34. The Morgan fingerprint density at radius 2 is 2.17 bits per heavy atom. The zero-order valence-corrected chi connectivity index (χ0v) is 14.7. The molecule has 8 nitrogen and oxygen atoms in total. The van der Waals surface area contributed by atoms with E-state index >= 15 is 0 Å². The number of aryl methyl sites for hydroxylation is 1. The van der Waals surface area contributed by atoms with Gasteiger partial charge in [-0.05, 0) is 19.1 Å². The molecule has 0 fully saturated rings. The SMILES string of the molecule is CCNC(=O)COc1cccc(NS(=O)(=O)c2ncn(C)c2Cl)c1. The molecular formula is C14H17ClN4O4S. The van der Waals surface area contributed by atoms with Crippen LogP contribution in [0.25, 0.3) is 0 Å². The second kappa shape index (κ2) is 7.54. The second-order valence-corrected chi connectivity index (χ2v) is 6.78. The van der Waals surface area contributed by atoms with E-state index in [0.717, 1.165) is 0 Å². The highest BCUT2D eigenvalue weighted by molar-refractivity contribution is 7.92. The van der Waals surface area contributed by atoms with Crippen molar-refractivity contribution in [3.63, 3.8) is 0 Å². The summed E-state index contributed by atoms with van der Waals surface area (Å²) in [6.45, 7) is 2.15. The lowest BCUT2D eigenvalue weighted by molar-refractivity contribution is -0.122. The third kappa shape index (κ3) is 4.39. The molecule has 0 spiro atoms. The Hall–Kier alpha value is -2.26. The van der Waals surface area contributed by atoms with E-state index in [1.54, 1.807) is 32.2 Å². The molecule has 0 atom stereocenters. The molecule has 1 aromatic heterocycles. The number of carbonyl (C=O) groups excluding carboxylic acids is 1. The largest absolute Gasteiger partial charge is 0.484 e. The van der Waals surface area contributed by atoms with E-state index in [1.807, 2.05) is 0 Å². The summed E-state index contributed by atoms with van der Waals surface area (Å²) >= 11 is 5.92. The molecule has 1 amide bonds. The third-order valence-corrected chi connectivity index (χ3v) is 4.79. The van der Waals surface area contributed by atoms with Gasteiger partial charge in [-0.2, -0.15) is 8.42 Å². The van der Waals surface area contributed by atoms with Crippen LogP contribution in [0.5, 0.6) is 5.75 Å². The Morgan fingerprint density at radius 3 is 2.79 bits per heavy atom. The van der Waals surface area contributed by atoms with Crippen molar-refractivity contribution in [1.82, 2.24) is 14.9 Å². The summed E-state index contributed by atoms with van der Waals surface area (Å²) in [7, 11) is -2.34. The van der Waals surface area contributed by atoms with Crippen LogP contribution in [0.15, 0.2) is 35.6 Å². The van der Waals surface area contributed by atoms with Gasteiger partial charge in [0.2, 0.25) is 5.03 Å². The van der Waals surface area contributed by atoms with E-state index in [0.29, 0.717) is 12.3 Å². The van der Waals surface area contributed by atoms with Crippen LogP contribution in [0, 0.1) is 0 Å². The molecule has 10 heteroatoms. The Kier molecular flexibility index (Phi) is 5.68. The van der Waals surface area contributed by atoms with E-state index in [4.69, 9.17) is 16.3 Å². The van der Waals surface area contributed by atoms with E-state index in [-0.39, 0.29) is 28.4 Å². The maximum Gasteiger partial charge on any atom is 0.282 e. The molecule has 1 heterocycles. The molecule has 0 unspecified atom stereocenters. The number of sulfonamides is 1. The van der Waals surface area contributed by atoms with Gasteiger partial charge in [0.1, 0.15) is 10.9 Å². The molecule has 2 N–H and O–H groups in total. The minimum Gasteiger partial charge on any atom is -0.484 e. The van der Waals surface area contributed by atoms with E-state index in [2.05, 4.69) is 15.0 Å². The number of halogens is 1. The number of likely N-dealkylation sites (N-methyl/N-ethyl adjacent to an activating group) is 1. The Labute approximate surface area is 144 Å². The number of benzene rings is 1. The molecule has 0 aliphatic heterocycles. The van der Waals surface area contributed by atoms with E-state index < -0.39 is 10.0 Å². The highest BCUT2D eigenvalue weighted by atomic mass is 35.5. The molecule has 130 valence electrons. The van der Waals surface area contributed by atoms with Crippen molar-refractivity contribution in [3.05, 3.63) is 35.7 Å². The summed E-state index contributed by atoms with van der Waals surface area (Å²) in [6.07, 6.45) is 1.31. The number of hydrogen-bond donors (Lipinski definition) is 2. The number of anilines is 1. The van der Waals surface area contributed by atoms with Crippen LogP contribution in [0.3, 0.4) is 0 Å². The highest BCUT2D eigenvalue weighted by Crippen LogP contribution is 2.23. The highest BCUT2D eigenvalue weighted by Gasteiger charge is 2.22. The molecule has 0 saturated heterocycles. The maximum atomic E-state index is 12.3. The van der Waals surface area contributed by atoms with Crippen LogP contribution in [0.1, 0.15) is 6.92 Å². The van der Waals surface area contributed by atoms with Crippen LogP contribution in [0.2, 0.25) is 5.15 Å². The van der Waals surface area contributed by atoms with Gasteiger partial charge in [-0.25, -0.2) is 4.98 Å². The predicted molar refractivity (Wildman–Crippen MR) is 89.6 cm³/mol. The molecule has 0 aliphatic carbocycles.